The molecule has 0 spiro atoms. The van der Waals surface area contributed by atoms with E-state index in [1.165, 1.54) is 17.8 Å². The molecule has 1 aliphatic rings. The molecule has 2 aromatic carbocycles. The summed E-state index contributed by atoms with van der Waals surface area (Å²) in [5.41, 5.74) is 3.68. The van der Waals surface area contributed by atoms with Crippen LogP contribution in [0.25, 0.3) is 0 Å². The Labute approximate surface area is 206 Å². The van der Waals surface area contributed by atoms with E-state index in [-0.39, 0.29) is 16.1 Å². The van der Waals surface area contributed by atoms with E-state index < -0.39 is 16.0 Å². The smallest absolute Gasteiger partial charge is 0.339 e. The van der Waals surface area contributed by atoms with Gasteiger partial charge in [0, 0.05) is 13.1 Å². The minimum absolute atomic E-state index is 0.0101. The first-order chi connectivity index (χ1) is 16.6. The summed E-state index contributed by atoms with van der Waals surface area (Å²) >= 11 is 0. The third kappa shape index (κ3) is 5.65. The maximum absolute atomic E-state index is 13.1. The molecule has 184 valence electrons. The Bertz CT molecular complexity index is 1310. The quantitative estimate of drug-likeness (QED) is 0.482. The zero-order valence-electron chi connectivity index (χ0n) is 20.3. The summed E-state index contributed by atoms with van der Waals surface area (Å²) < 4.78 is 28.7. The van der Waals surface area contributed by atoms with Gasteiger partial charge in [-0.1, -0.05) is 48.0 Å². The van der Waals surface area contributed by atoms with Crippen molar-refractivity contribution in [3.05, 3.63) is 82.5 Å². The highest BCUT2D eigenvalue weighted by Crippen LogP contribution is 2.30. The van der Waals surface area contributed by atoms with Crippen LogP contribution in [-0.2, 0) is 16.4 Å². The molecular weight excluding hydrogens is 462 g/mol. The largest absolute Gasteiger partial charge is 0.478 e. The number of rotatable bonds is 7. The van der Waals surface area contributed by atoms with Gasteiger partial charge in [-0.15, -0.1) is 0 Å². The Morgan fingerprint density at radius 1 is 1.06 bits per heavy atom. The van der Waals surface area contributed by atoms with E-state index in [1.807, 2.05) is 42.2 Å². The van der Waals surface area contributed by atoms with Crippen LogP contribution in [0.3, 0.4) is 0 Å². The van der Waals surface area contributed by atoms with Crippen molar-refractivity contribution in [2.75, 3.05) is 22.7 Å². The van der Waals surface area contributed by atoms with Crippen molar-refractivity contribution in [2.24, 2.45) is 5.92 Å². The highest BCUT2D eigenvalue weighted by molar-refractivity contribution is 7.92. The van der Waals surface area contributed by atoms with Crippen molar-refractivity contribution in [1.29, 1.82) is 0 Å². The van der Waals surface area contributed by atoms with Crippen molar-refractivity contribution in [3.63, 3.8) is 0 Å². The molecule has 2 N–H and O–H groups in total. The van der Waals surface area contributed by atoms with Crippen LogP contribution in [0.15, 0.2) is 59.6 Å². The number of hydrogen-bond donors (Lipinski definition) is 2. The molecule has 1 aliphatic heterocycles. The Morgan fingerprint density at radius 2 is 1.69 bits per heavy atom. The second kappa shape index (κ2) is 10.1. The first-order valence-electron chi connectivity index (χ1n) is 11.8. The fourth-order valence-electron chi connectivity index (χ4n) is 5.02. The summed E-state index contributed by atoms with van der Waals surface area (Å²) in [4.78, 5) is 18.6. The number of aromatic carboxylic acids is 1. The lowest BCUT2D eigenvalue weighted by Gasteiger charge is -2.33. The molecule has 1 fully saturated rings. The molecule has 0 radical (unpaired) electrons. The Balaban J connectivity index is 1.51. The summed E-state index contributed by atoms with van der Waals surface area (Å²) in [5, 5.41) is 9.86. The minimum atomic E-state index is -3.91. The van der Waals surface area contributed by atoms with E-state index >= 15 is 0 Å². The molecule has 0 bridgehead atoms. The van der Waals surface area contributed by atoms with Gasteiger partial charge in [-0.2, -0.15) is 0 Å². The van der Waals surface area contributed by atoms with Gasteiger partial charge >= 0.3 is 5.97 Å². The molecule has 4 rings (SSSR count). The van der Waals surface area contributed by atoms with Crippen LogP contribution >= 0.6 is 0 Å². The Hall–Kier alpha value is -3.39. The van der Waals surface area contributed by atoms with E-state index in [4.69, 9.17) is 0 Å². The number of benzene rings is 2. The SMILES string of the molecule is Cc1cc(C)c(S(=O)(=O)Nc2cnc(N3CCC(Cc4ccccc4)CC3)c(C(=O)O)c2)c(C)c1. The summed E-state index contributed by atoms with van der Waals surface area (Å²) in [5.74, 6) is -0.224. The molecule has 1 aromatic heterocycles. The monoisotopic (exact) mass is 493 g/mol. The summed E-state index contributed by atoms with van der Waals surface area (Å²) in [7, 11) is -3.91. The molecule has 0 amide bonds. The van der Waals surface area contributed by atoms with Gasteiger partial charge in [0.15, 0.2) is 0 Å². The highest BCUT2D eigenvalue weighted by atomic mass is 32.2. The van der Waals surface area contributed by atoms with E-state index in [1.54, 1.807) is 13.8 Å². The lowest BCUT2D eigenvalue weighted by atomic mass is 9.90. The fraction of sp³-hybridized carbons (Fsp3) is 0.333. The number of aromatic nitrogens is 1. The van der Waals surface area contributed by atoms with Gasteiger partial charge in [0.1, 0.15) is 11.4 Å². The maximum atomic E-state index is 13.1. The van der Waals surface area contributed by atoms with Gasteiger partial charge in [-0.05, 0) is 68.7 Å². The molecule has 8 heteroatoms. The Kier molecular flexibility index (Phi) is 7.12. The number of nitrogens with zero attached hydrogens (tertiary/aromatic N) is 2. The average Bonchev–Trinajstić information content (AvgIpc) is 2.79. The van der Waals surface area contributed by atoms with Gasteiger partial charge < -0.3 is 10.0 Å². The third-order valence-corrected chi connectivity index (χ3v) is 8.19. The predicted molar refractivity (Wildman–Crippen MR) is 138 cm³/mol. The number of pyridine rings is 1. The first kappa shape index (κ1) is 24.7. The number of sulfonamides is 1. The van der Waals surface area contributed by atoms with Crippen LogP contribution in [0.1, 0.15) is 45.5 Å². The molecule has 7 nitrogen and oxygen atoms in total. The summed E-state index contributed by atoms with van der Waals surface area (Å²) in [6.45, 7) is 6.82. The van der Waals surface area contributed by atoms with Crippen LogP contribution in [0.4, 0.5) is 11.5 Å². The zero-order valence-corrected chi connectivity index (χ0v) is 21.1. The van der Waals surface area contributed by atoms with Gasteiger partial charge in [0.2, 0.25) is 0 Å². The third-order valence-electron chi connectivity index (χ3n) is 6.50. The maximum Gasteiger partial charge on any atom is 0.339 e. The van der Waals surface area contributed by atoms with Gasteiger partial charge in [-0.3, -0.25) is 4.72 Å². The normalized spacial score (nSPS) is 14.7. The number of hydrogen-bond acceptors (Lipinski definition) is 5. The lowest BCUT2D eigenvalue weighted by molar-refractivity contribution is 0.0697. The van der Waals surface area contributed by atoms with Crippen LogP contribution in [-0.4, -0.2) is 37.6 Å². The second-order valence-electron chi connectivity index (χ2n) is 9.35. The number of carboxylic acids is 1. The molecule has 0 atom stereocenters. The van der Waals surface area contributed by atoms with Gasteiger partial charge in [-0.25, -0.2) is 18.2 Å². The van der Waals surface area contributed by atoms with Gasteiger partial charge in [0.25, 0.3) is 10.0 Å². The topological polar surface area (TPSA) is 99.6 Å². The number of carboxylic acid groups (broad SMARTS) is 1. The van der Waals surface area contributed by atoms with Crippen LogP contribution in [0.5, 0.6) is 0 Å². The molecule has 1 saturated heterocycles. The van der Waals surface area contributed by atoms with Crippen molar-refractivity contribution >= 4 is 27.5 Å². The number of piperidine rings is 1. The fourth-order valence-corrected chi connectivity index (χ4v) is 6.51. The van der Waals surface area contributed by atoms with Crippen LogP contribution in [0, 0.1) is 26.7 Å². The molecule has 0 aliphatic carbocycles. The summed E-state index contributed by atoms with van der Waals surface area (Å²) in [6.07, 6.45) is 4.28. The van der Waals surface area contributed by atoms with E-state index in [2.05, 4.69) is 21.8 Å². The first-order valence-corrected chi connectivity index (χ1v) is 13.3. The number of aryl methyl sites for hydroxylation is 3. The highest BCUT2D eigenvalue weighted by Gasteiger charge is 2.26. The van der Waals surface area contributed by atoms with Crippen molar-refractivity contribution in [2.45, 2.75) is 44.9 Å². The predicted octanol–water partition coefficient (Wildman–Crippen LogP) is 4.96. The molecular formula is C27H31N3O4S. The number of anilines is 2. The van der Waals surface area contributed by atoms with E-state index in [9.17, 15) is 18.3 Å². The molecule has 3 aromatic rings. The van der Waals surface area contributed by atoms with Crippen molar-refractivity contribution < 1.29 is 18.3 Å². The van der Waals surface area contributed by atoms with Gasteiger partial charge in [0.05, 0.1) is 16.8 Å². The second-order valence-corrected chi connectivity index (χ2v) is 11.0. The van der Waals surface area contributed by atoms with Crippen LogP contribution < -0.4 is 9.62 Å². The average molecular weight is 494 g/mol. The van der Waals surface area contributed by atoms with Crippen molar-refractivity contribution in [3.8, 4) is 0 Å². The minimum Gasteiger partial charge on any atom is -0.478 e. The molecule has 0 saturated carbocycles. The number of nitrogens with one attached hydrogen (secondary N) is 1. The molecule has 0 unspecified atom stereocenters. The molecule has 35 heavy (non-hydrogen) atoms. The zero-order chi connectivity index (χ0) is 25.2. The summed E-state index contributed by atoms with van der Waals surface area (Å²) in [6, 6.07) is 15.4. The number of carbonyl (C=O) groups is 1. The molecule has 2 heterocycles. The van der Waals surface area contributed by atoms with E-state index in [0.29, 0.717) is 36.0 Å². The van der Waals surface area contributed by atoms with Crippen LogP contribution in [0.2, 0.25) is 0 Å². The van der Waals surface area contributed by atoms with Crippen molar-refractivity contribution in [1.82, 2.24) is 4.98 Å². The van der Waals surface area contributed by atoms with E-state index in [0.717, 1.165) is 24.8 Å². The lowest BCUT2D eigenvalue weighted by Crippen LogP contribution is -2.36. The standard InChI is InChI=1S/C27H31N3O4S/c1-18-13-19(2)25(20(3)14-18)35(33,34)29-23-16-24(27(31)32)26(28-17-23)30-11-9-22(10-12-30)15-21-7-5-4-6-8-21/h4-8,13-14,16-17,22,29H,9-12,15H2,1-3H3,(H,31,32). The Morgan fingerprint density at radius 3 is 2.29 bits per heavy atom.